The molecule has 0 fully saturated rings. The topological polar surface area (TPSA) is 207 Å². The first kappa shape index (κ1) is 29.1. The van der Waals surface area contributed by atoms with Gasteiger partial charge in [-0.2, -0.15) is 0 Å². The highest BCUT2D eigenvalue weighted by atomic mass is 16.4. The van der Waals surface area contributed by atoms with Crippen molar-refractivity contribution < 1.29 is 34.5 Å². The molecule has 0 aliphatic carbocycles. The summed E-state index contributed by atoms with van der Waals surface area (Å²) < 4.78 is 0. The Morgan fingerprint density at radius 1 is 0.872 bits per heavy atom. The van der Waals surface area contributed by atoms with Crippen LogP contribution in [0.25, 0.3) is 10.9 Å². The van der Waals surface area contributed by atoms with Crippen LogP contribution >= 0.6 is 0 Å². The Kier molecular flexibility index (Phi) is 9.63. The van der Waals surface area contributed by atoms with Crippen LogP contribution in [0, 0.1) is 0 Å². The zero-order valence-electron chi connectivity index (χ0n) is 21.5. The van der Waals surface area contributed by atoms with Crippen LogP contribution in [-0.2, 0) is 32.0 Å². The minimum atomic E-state index is -1.61. The lowest BCUT2D eigenvalue weighted by molar-refractivity contribution is -0.145. The van der Waals surface area contributed by atoms with Crippen molar-refractivity contribution in [3.63, 3.8) is 0 Å². The Hall–Kier alpha value is -4.42. The average Bonchev–Trinajstić information content (AvgIpc) is 3.29. The van der Waals surface area contributed by atoms with Gasteiger partial charge < -0.3 is 42.0 Å². The SMILES string of the molecule is CC(N)C(=O)NC(Cc1ccc(O)cc1)C(=O)NC(Cc1c[nH]c2ccccc12)C(=O)NC(C(=O)O)C(C)O. The number of carboxylic acid groups (broad SMARTS) is 1. The molecule has 3 amide bonds. The number of phenolic OH excluding ortho intramolecular Hbond substituents is 1. The third-order valence-electron chi connectivity index (χ3n) is 6.20. The molecule has 0 radical (unpaired) electrons. The zero-order valence-corrected chi connectivity index (χ0v) is 21.5. The Labute approximate surface area is 224 Å². The molecule has 39 heavy (non-hydrogen) atoms. The lowest BCUT2D eigenvalue weighted by Crippen LogP contribution is -2.59. The fourth-order valence-corrected chi connectivity index (χ4v) is 4.02. The number of aliphatic hydroxyl groups is 1. The monoisotopic (exact) mass is 539 g/mol. The Balaban J connectivity index is 1.90. The van der Waals surface area contributed by atoms with Gasteiger partial charge >= 0.3 is 5.97 Å². The van der Waals surface area contributed by atoms with Gasteiger partial charge in [-0.3, -0.25) is 14.4 Å². The van der Waals surface area contributed by atoms with E-state index in [2.05, 4.69) is 20.9 Å². The number of carboxylic acids is 1. The number of phenols is 1. The summed E-state index contributed by atoms with van der Waals surface area (Å²) in [4.78, 5) is 53.8. The van der Waals surface area contributed by atoms with Crippen LogP contribution in [0.1, 0.15) is 25.0 Å². The summed E-state index contributed by atoms with van der Waals surface area (Å²) in [6, 6.07) is 8.47. The van der Waals surface area contributed by atoms with Crippen LogP contribution < -0.4 is 21.7 Å². The number of fused-ring (bicyclic) bond motifs is 1. The number of aliphatic hydroxyl groups excluding tert-OH is 1. The number of hydrogen-bond donors (Lipinski definition) is 8. The molecule has 12 nitrogen and oxygen atoms in total. The number of aromatic hydroxyl groups is 1. The van der Waals surface area contributed by atoms with Gasteiger partial charge in [0.15, 0.2) is 6.04 Å². The van der Waals surface area contributed by atoms with E-state index in [0.717, 1.165) is 10.9 Å². The average molecular weight is 540 g/mol. The molecule has 1 heterocycles. The molecule has 3 rings (SSSR count). The van der Waals surface area contributed by atoms with Gasteiger partial charge in [0.2, 0.25) is 17.7 Å². The molecule has 0 aliphatic rings. The molecule has 1 aromatic heterocycles. The molecule has 5 atom stereocenters. The number of amides is 3. The molecule has 3 aromatic rings. The number of nitrogens with two attached hydrogens (primary N) is 1. The number of rotatable bonds is 12. The van der Waals surface area contributed by atoms with Gasteiger partial charge in [-0.15, -0.1) is 0 Å². The molecular weight excluding hydrogens is 506 g/mol. The fourth-order valence-electron chi connectivity index (χ4n) is 4.02. The summed E-state index contributed by atoms with van der Waals surface area (Å²) in [5, 5.41) is 37.2. The highest BCUT2D eigenvalue weighted by Crippen LogP contribution is 2.19. The number of benzene rings is 2. The maximum absolute atomic E-state index is 13.5. The van der Waals surface area contributed by atoms with E-state index < -0.39 is 54.0 Å². The van der Waals surface area contributed by atoms with Crippen molar-refractivity contribution >= 4 is 34.6 Å². The second-order valence-corrected chi connectivity index (χ2v) is 9.41. The van der Waals surface area contributed by atoms with Gasteiger partial charge in [-0.25, -0.2) is 4.79 Å². The summed E-state index contributed by atoms with van der Waals surface area (Å²) in [6.45, 7) is 2.68. The van der Waals surface area contributed by atoms with Crippen molar-refractivity contribution in [3.8, 4) is 5.75 Å². The van der Waals surface area contributed by atoms with Gasteiger partial charge in [0.05, 0.1) is 12.1 Å². The largest absolute Gasteiger partial charge is 0.508 e. The summed E-state index contributed by atoms with van der Waals surface area (Å²) in [5.74, 6) is -3.54. The minimum absolute atomic E-state index is 0.0130. The smallest absolute Gasteiger partial charge is 0.328 e. The highest BCUT2D eigenvalue weighted by Gasteiger charge is 2.32. The van der Waals surface area contributed by atoms with E-state index in [1.807, 2.05) is 24.3 Å². The Morgan fingerprint density at radius 3 is 2.08 bits per heavy atom. The number of hydrogen-bond acceptors (Lipinski definition) is 7. The molecule has 0 aliphatic heterocycles. The maximum atomic E-state index is 13.5. The first-order valence-corrected chi connectivity index (χ1v) is 12.4. The second-order valence-electron chi connectivity index (χ2n) is 9.41. The zero-order chi connectivity index (χ0) is 28.7. The molecule has 0 bridgehead atoms. The predicted molar refractivity (Wildman–Crippen MR) is 143 cm³/mol. The van der Waals surface area contributed by atoms with Crippen LogP contribution in [0.4, 0.5) is 0 Å². The number of aliphatic carboxylic acids is 1. The van der Waals surface area contributed by atoms with Gasteiger partial charge in [-0.1, -0.05) is 30.3 Å². The van der Waals surface area contributed by atoms with Crippen LogP contribution in [-0.4, -0.2) is 74.3 Å². The van der Waals surface area contributed by atoms with E-state index in [1.54, 1.807) is 18.3 Å². The van der Waals surface area contributed by atoms with Gasteiger partial charge in [0.25, 0.3) is 0 Å². The quantitative estimate of drug-likeness (QED) is 0.156. The predicted octanol–water partition coefficient (Wildman–Crippen LogP) is -0.0743. The van der Waals surface area contributed by atoms with Crippen LogP contribution in [0.5, 0.6) is 5.75 Å². The van der Waals surface area contributed by atoms with E-state index in [9.17, 15) is 34.5 Å². The maximum Gasteiger partial charge on any atom is 0.328 e. The van der Waals surface area contributed by atoms with Crippen molar-refractivity contribution in [1.29, 1.82) is 0 Å². The second kappa shape index (κ2) is 12.9. The number of nitrogens with one attached hydrogen (secondary N) is 4. The summed E-state index contributed by atoms with van der Waals surface area (Å²) in [7, 11) is 0. The summed E-state index contributed by atoms with van der Waals surface area (Å²) in [6.07, 6.45) is 0.299. The highest BCUT2D eigenvalue weighted by molar-refractivity contribution is 5.95. The van der Waals surface area contributed by atoms with Crippen molar-refractivity contribution in [3.05, 3.63) is 65.9 Å². The number of H-pyrrole nitrogens is 1. The first-order valence-electron chi connectivity index (χ1n) is 12.4. The number of aromatic nitrogens is 1. The minimum Gasteiger partial charge on any atom is -0.508 e. The van der Waals surface area contributed by atoms with Crippen molar-refractivity contribution in [1.82, 2.24) is 20.9 Å². The standard InChI is InChI=1S/C27H33N5O7/c1-14(28)24(35)30-21(11-16-7-9-18(34)10-8-16)25(36)31-22(26(37)32-23(15(2)33)27(38)39)12-17-13-29-20-6-4-3-5-19(17)20/h3-10,13-15,21-23,29,33-34H,11-12,28H2,1-2H3,(H,30,35)(H,31,36)(H,32,37)(H,38,39). The van der Waals surface area contributed by atoms with Gasteiger partial charge in [-0.05, 0) is 43.2 Å². The van der Waals surface area contributed by atoms with Crippen LogP contribution in [0.3, 0.4) is 0 Å². The lowest BCUT2D eigenvalue weighted by atomic mass is 10.0. The summed E-state index contributed by atoms with van der Waals surface area (Å²) >= 11 is 0. The Morgan fingerprint density at radius 2 is 1.46 bits per heavy atom. The van der Waals surface area contributed by atoms with E-state index in [0.29, 0.717) is 11.1 Å². The van der Waals surface area contributed by atoms with E-state index in [-0.39, 0.29) is 18.6 Å². The van der Waals surface area contributed by atoms with E-state index >= 15 is 0 Å². The number of aromatic amines is 1. The van der Waals surface area contributed by atoms with Crippen molar-refractivity contribution in [2.75, 3.05) is 0 Å². The molecular formula is C27H33N5O7. The molecule has 0 saturated heterocycles. The van der Waals surface area contributed by atoms with Crippen LogP contribution in [0.2, 0.25) is 0 Å². The number of carbonyl (C=O) groups is 4. The molecule has 9 N–H and O–H groups in total. The third-order valence-corrected chi connectivity index (χ3v) is 6.20. The first-order chi connectivity index (χ1) is 18.5. The summed E-state index contributed by atoms with van der Waals surface area (Å²) in [5.41, 5.74) is 7.79. The lowest BCUT2D eigenvalue weighted by Gasteiger charge is -2.25. The third kappa shape index (κ3) is 7.79. The normalized spacial score (nSPS) is 15.0. The van der Waals surface area contributed by atoms with Crippen molar-refractivity contribution in [2.24, 2.45) is 5.73 Å². The van der Waals surface area contributed by atoms with Crippen molar-refractivity contribution in [2.45, 2.75) is 57.0 Å². The molecule has 0 spiro atoms. The van der Waals surface area contributed by atoms with Crippen LogP contribution in [0.15, 0.2) is 54.7 Å². The van der Waals surface area contributed by atoms with E-state index in [4.69, 9.17) is 5.73 Å². The van der Waals surface area contributed by atoms with Gasteiger partial charge in [0.1, 0.15) is 17.8 Å². The number of para-hydroxylation sites is 1. The van der Waals surface area contributed by atoms with E-state index in [1.165, 1.54) is 26.0 Å². The molecule has 208 valence electrons. The molecule has 5 unspecified atom stereocenters. The fraction of sp³-hybridized carbons (Fsp3) is 0.333. The molecule has 2 aromatic carbocycles. The van der Waals surface area contributed by atoms with Gasteiger partial charge in [0, 0.05) is 29.9 Å². The molecule has 0 saturated carbocycles. The molecule has 12 heteroatoms. The Bertz CT molecular complexity index is 1320. The number of carbonyl (C=O) groups excluding carboxylic acids is 3.